The average molecular weight is 255 g/mol. The van der Waals surface area contributed by atoms with E-state index in [1.165, 1.54) is 12.5 Å². The Hall–Kier alpha value is -1.29. The first-order valence-electron chi connectivity index (χ1n) is 5.83. The Balaban J connectivity index is 2.46. The second-order valence-corrected chi connectivity index (χ2v) is 4.96. The van der Waals surface area contributed by atoms with Crippen LogP contribution in [0.25, 0.3) is 0 Å². The van der Waals surface area contributed by atoms with Gasteiger partial charge in [0.15, 0.2) is 0 Å². The van der Waals surface area contributed by atoms with Gasteiger partial charge in [0.1, 0.15) is 5.69 Å². The Kier molecular flexibility index (Phi) is 3.52. The molecule has 0 aliphatic heterocycles. The number of hydrogen-bond donors (Lipinski definition) is 1. The maximum atomic E-state index is 11.1. The molecule has 0 spiro atoms. The van der Waals surface area contributed by atoms with Gasteiger partial charge in [-0.3, -0.25) is 10.1 Å². The summed E-state index contributed by atoms with van der Waals surface area (Å²) in [4.78, 5) is 10.7. The number of halogens is 1. The summed E-state index contributed by atoms with van der Waals surface area (Å²) in [5.41, 5.74) is 6.62. The van der Waals surface area contributed by atoms with Gasteiger partial charge in [-0.25, -0.2) is 0 Å². The lowest BCUT2D eigenvalue weighted by atomic mass is 9.83. The summed E-state index contributed by atoms with van der Waals surface area (Å²) in [5.74, 6) is 0.227. The largest absolute Gasteiger partial charge is 0.393 e. The van der Waals surface area contributed by atoms with E-state index in [0.29, 0.717) is 10.6 Å². The molecule has 1 fully saturated rings. The summed E-state index contributed by atoms with van der Waals surface area (Å²) in [6.07, 6.45) is 5.42. The van der Waals surface area contributed by atoms with Gasteiger partial charge in [-0.05, 0) is 30.9 Å². The highest BCUT2D eigenvalue weighted by atomic mass is 35.5. The monoisotopic (exact) mass is 254 g/mol. The minimum atomic E-state index is -0.393. The topological polar surface area (TPSA) is 69.2 Å². The van der Waals surface area contributed by atoms with Crippen molar-refractivity contribution < 1.29 is 4.92 Å². The lowest BCUT2D eigenvalue weighted by Gasteiger charge is -2.22. The van der Waals surface area contributed by atoms with Gasteiger partial charge in [0, 0.05) is 10.6 Å². The number of benzene rings is 1. The first-order chi connectivity index (χ1) is 8.09. The molecule has 0 atom stereocenters. The van der Waals surface area contributed by atoms with Crippen molar-refractivity contribution in [3.05, 3.63) is 32.8 Å². The molecule has 2 rings (SSSR count). The van der Waals surface area contributed by atoms with Crippen LogP contribution in [0.3, 0.4) is 0 Å². The maximum absolute atomic E-state index is 11.1. The minimum Gasteiger partial charge on any atom is -0.393 e. The van der Waals surface area contributed by atoms with Crippen LogP contribution >= 0.6 is 11.6 Å². The molecule has 0 bridgehead atoms. The normalized spacial score (nSPS) is 17.0. The van der Waals surface area contributed by atoms with Crippen LogP contribution in [0.1, 0.15) is 43.6 Å². The zero-order chi connectivity index (χ0) is 12.4. The molecule has 0 amide bonds. The van der Waals surface area contributed by atoms with Crippen LogP contribution < -0.4 is 5.73 Å². The summed E-state index contributed by atoms with van der Waals surface area (Å²) in [6, 6.07) is 3.15. The van der Waals surface area contributed by atoms with E-state index in [4.69, 9.17) is 17.3 Å². The van der Waals surface area contributed by atoms with Crippen LogP contribution in [-0.4, -0.2) is 4.92 Å². The van der Waals surface area contributed by atoms with Gasteiger partial charge in [0.25, 0.3) is 5.69 Å². The van der Waals surface area contributed by atoms with E-state index in [1.807, 2.05) is 0 Å². The zero-order valence-corrected chi connectivity index (χ0v) is 10.2. The van der Waals surface area contributed by atoms with Crippen molar-refractivity contribution in [1.82, 2.24) is 0 Å². The SMILES string of the molecule is Nc1cc(Cl)cc(C2CCCCC2)c1[N+](=O)[O-]. The van der Waals surface area contributed by atoms with Crippen LogP contribution in [0.5, 0.6) is 0 Å². The fourth-order valence-corrected chi connectivity index (χ4v) is 2.81. The van der Waals surface area contributed by atoms with Gasteiger partial charge in [-0.15, -0.1) is 0 Å². The lowest BCUT2D eigenvalue weighted by molar-refractivity contribution is -0.384. The molecule has 1 saturated carbocycles. The molecule has 0 radical (unpaired) electrons. The maximum Gasteiger partial charge on any atom is 0.295 e. The Morgan fingerprint density at radius 2 is 1.94 bits per heavy atom. The van der Waals surface area contributed by atoms with E-state index >= 15 is 0 Å². The highest BCUT2D eigenvalue weighted by molar-refractivity contribution is 6.31. The van der Waals surface area contributed by atoms with E-state index in [-0.39, 0.29) is 17.3 Å². The van der Waals surface area contributed by atoms with E-state index in [2.05, 4.69) is 0 Å². The first-order valence-corrected chi connectivity index (χ1v) is 6.20. The molecule has 0 unspecified atom stereocenters. The molecule has 0 heterocycles. The number of nitro benzene ring substituents is 1. The Bertz CT molecular complexity index is 442. The van der Waals surface area contributed by atoms with Gasteiger partial charge in [-0.2, -0.15) is 0 Å². The van der Waals surface area contributed by atoms with Crippen molar-refractivity contribution in [2.75, 3.05) is 5.73 Å². The third-order valence-corrected chi connectivity index (χ3v) is 3.58. The molecule has 1 aromatic rings. The number of nitrogens with zero attached hydrogens (tertiary/aromatic N) is 1. The predicted molar refractivity (Wildman–Crippen MR) is 68.3 cm³/mol. The molecule has 4 nitrogen and oxygen atoms in total. The van der Waals surface area contributed by atoms with Crippen LogP contribution in [-0.2, 0) is 0 Å². The smallest absolute Gasteiger partial charge is 0.295 e. The average Bonchev–Trinajstić information content (AvgIpc) is 2.28. The quantitative estimate of drug-likeness (QED) is 0.495. The summed E-state index contributed by atoms with van der Waals surface area (Å²) >= 11 is 5.94. The Morgan fingerprint density at radius 1 is 1.29 bits per heavy atom. The molecule has 2 N–H and O–H groups in total. The summed E-state index contributed by atoms with van der Waals surface area (Å²) in [6.45, 7) is 0. The standard InChI is InChI=1S/C12H15ClN2O2/c13-9-6-10(8-4-2-1-3-5-8)12(15(16)17)11(14)7-9/h6-8H,1-5,14H2. The van der Waals surface area contributed by atoms with E-state index in [1.54, 1.807) is 6.07 Å². The van der Waals surface area contributed by atoms with E-state index in [9.17, 15) is 10.1 Å². The summed E-state index contributed by atoms with van der Waals surface area (Å²) in [7, 11) is 0. The van der Waals surface area contributed by atoms with Crippen LogP contribution in [0.4, 0.5) is 11.4 Å². The van der Waals surface area contributed by atoms with Gasteiger partial charge < -0.3 is 5.73 Å². The van der Waals surface area contributed by atoms with Crippen LogP contribution in [0.2, 0.25) is 5.02 Å². The predicted octanol–water partition coefficient (Wildman–Crippen LogP) is 3.88. The van der Waals surface area contributed by atoms with E-state index in [0.717, 1.165) is 25.7 Å². The lowest BCUT2D eigenvalue weighted by Crippen LogP contribution is -2.09. The molecule has 92 valence electrons. The van der Waals surface area contributed by atoms with Crippen LogP contribution in [0.15, 0.2) is 12.1 Å². The van der Waals surface area contributed by atoms with Crippen LogP contribution in [0, 0.1) is 10.1 Å². The van der Waals surface area contributed by atoms with Gasteiger partial charge in [0.2, 0.25) is 0 Å². The van der Waals surface area contributed by atoms with Gasteiger partial charge in [0.05, 0.1) is 4.92 Å². The van der Waals surface area contributed by atoms with Gasteiger partial charge >= 0.3 is 0 Å². The van der Waals surface area contributed by atoms with Crippen molar-refractivity contribution in [3.63, 3.8) is 0 Å². The number of anilines is 1. The van der Waals surface area contributed by atoms with Crippen molar-refractivity contribution in [3.8, 4) is 0 Å². The molecular weight excluding hydrogens is 240 g/mol. The Morgan fingerprint density at radius 3 is 2.53 bits per heavy atom. The number of nitrogens with two attached hydrogens (primary N) is 1. The number of hydrogen-bond acceptors (Lipinski definition) is 3. The summed E-state index contributed by atoms with van der Waals surface area (Å²) in [5, 5.41) is 11.6. The molecule has 5 heteroatoms. The van der Waals surface area contributed by atoms with Crippen molar-refractivity contribution in [2.24, 2.45) is 0 Å². The molecule has 0 aromatic heterocycles. The number of nitrogen functional groups attached to an aromatic ring is 1. The molecule has 1 aromatic carbocycles. The minimum absolute atomic E-state index is 0.0429. The molecule has 1 aliphatic carbocycles. The second kappa shape index (κ2) is 4.92. The zero-order valence-electron chi connectivity index (χ0n) is 9.49. The summed E-state index contributed by atoms with van der Waals surface area (Å²) < 4.78 is 0. The van der Waals surface area contributed by atoms with Crippen molar-refractivity contribution >= 4 is 23.0 Å². The molecule has 0 saturated heterocycles. The third-order valence-electron chi connectivity index (χ3n) is 3.36. The fraction of sp³-hybridized carbons (Fsp3) is 0.500. The highest BCUT2D eigenvalue weighted by Crippen LogP contribution is 2.41. The molecule has 17 heavy (non-hydrogen) atoms. The third kappa shape index (κ3) is 2.52. The number of rotatable bonds is 2. The molecule has 1 aliphatic rings. The fourth-order valence-electron chi connectivity index (χ4n) is 2.58. The van der Waals surface area contributed by atoms with E-state index < -0.39 is 4.92 Å². The second-order valence-electron chi connectivity index (χ2n) is 4.52. The first kappa shape index (κ1) is 12.2. The Labute approximate surface area is 105 Å². The van der Waals surface area contributed by atoms with Gasteiger partial charge in [-0.1, -0.05) is 30.9 Å². The van der Waals surface area contributed by atoms with Crippen molar-refractivity contribution in [1.29, 1.82) is 0 Å². The number of nitro groups is 1. The molecular formula is C12H15ClN2O2. The van der Waals surface area contributed by atoms with Crippen molar-refractivity contribution in [2.45, 2.75) is 38.0 Å². The highest BCUT2D eigenvalue weighted by Gasteiger charge is 2.26.